The molecule has 0 aliphatic carbocycles. The molecule has 0 fully saturated rings. The summed E-state index contributed by atoms with van der Waals surface area (Å²) in [5, 5.41) is 13.1. The molecule has 0 aliphatic rings. The Morgan fingerprint density at radius 1 is 0.981 bits per heavy atom. The monoisotopic (exact) mass is 761 g/mol. The number of fused-ring (bicyclic) bond motifs is 1. The van der Waals surface area contributed by atoms with Crippen molar-refractivity contribution in [3.63, 3.8) is 0 Å². The van der Waals surface area contributed by atoms with Gasteiger partial charge in [-0.25, -0.2) is 23.3 Å². The molecule has 0 aliphatic heterocycles. The molecule has 4 aromatic rings. The maximum Gasteiger partial charge on any atom is 0.475 e. The average molecular weight is 762 g/mol. The van der Waals surface area contributed by atoms with Crippen molar-refractivity contribution in [2.24, 2.45) is 0 Å². The number of methoxy groups -OCH3 is 1. The number of nitrogens with one attached hydrogen (secondary N) is 3. The summed E-state index contributed by atoms with van der Waals surface area (Å²) in [4.78, 5) is 23.4. The quantitative estimate of drug-likeness (QED) is 0.0668. The van der Waals surface area contributed by atoms with Crippen LogP contribution in [0.1, 0.15) is 67.5 Å². The maximum absolute atomic E-state index is 14.0. The van der Waals surface area contributed by atoms with Crippen LogP contribution in [-0.4, -0.2) is 81.6 Å². The van der Waals surface area contributed by atoms with Crippen LogP contribution in [0.5, 0.6) is 11.5 Å². The molecule has 0 saturated heterocycles. The zero-order valence-corrected chi connectivity index (χ0v) is 32.6. The van der Waals surface area contributed by atoms with Crippen molar-refractivity contribution in [3.8, 4) is 11.5 Å². The minimum Gasteiger partial charge on any atom is -0.493 e. The molecule has 17 heteroatoms. The van der Waals surface area contributed by atoms with Crippen LogP contribution in [-0.2, 0) is 29.4 Å². The number of phosphoric acid groups is 1. The van der Waals surface area contributed by atoms with Gasteiger partial charge < -0.3 is 20.1 Å². The average Bonchev–Trinajstić information content (AvgIpc) is 3.48. The van der Waals surface area contributed by atoms with E-state index >= 15 is 0 Å². The third kappa shape index (κ3) is 12.7. The highest BCUT2D eigenvalue weighted by molar-refractivity contribution is 7.48. The molecule has 53 heavy (non-hydrogen) atoms. The first-order valence-corrected chi connectivity index (χ1v) is 18.7. The minimum atomic E-state index is -3.81. The summed E-state index contributed by atoms with van der Waals surface area (Å²) >= 11 is 0. The highest BCUT2D eigenvalue weighted by atomic mass is 31.2. The summed E-state index contributed by atoms with van der Waals surface area (Å²) in [6.45, 7) is 16.7. The van der Waals surface area contributed by atoms with E-state index < -0.39 is 36.6 Å². The zero-order chi connectivity index (χ0) is 39.0. The topological polar surface area (TPSA) is 162 Å². The van der Waals surface area contributed by atoms with Crippen LogP contribution in [0.4, 0.5) is 26.1 Å². The number of phosphoric ester groups is 1. The normalized spacial score (nSPS) is 12.5. The first kappa shape index (κ1) is 41.5. The first-order valence-electron chi connectivity index (χ1n) is 17.3. The Morgan fingerprint density at radius 3 is 2.36 bits per heavy atom. The van der Waals surface area contributed by atoms with Crippen molar-refractivity contribution < 1.29 is 41.2 Å². The van der Waals surface area contributed by atoms with Crippen LogP contribution in [0, 0.1) is 11.6 Å². The number of H-pyrrole nitrogens is 1. The fourth-order valence-electron chi connectivity index (χ4n) is 5.13. The Kier molecular flexibility index (Phi) is 13.9. The number of ether oxygens (including phenoxy) is 2. The smallest absolute Gasteiger partial charge is 0.475 e. The number of hydrogen-bond donors (Lipinski definition) is 3. The molecule has 0 spiro atoms. The molecular formula is C36H50F2N7O7P. The number of nitrogens with zero attached hydrogens (tertiary/aromatic N) is 4. The number of rotatable bonds is 18. The van der Waals surface area contributed by atoms with Gasteiger partial charge in [0.1, 0.15) is 12.1 Å². The highest BCUT2D eigenvalue weighted by Gasteiger charge is 2.37. The summed E-state index contributed by atoms with van der Waals surface area (Å²) in [7, 11) is -2.27. The Balaban J connectivity index is 1.34. The van der Waals surface area contributed by atoms with Gasteiger partial charge in [-0.2, -0.15) is 5.10 Å². The first-order chi connectivity index (χ1) is 24.8. The van der Waals surface area contributed by atoms with Crippen molar-refractivity contribution in [2.75, 3.05) is 44.0 Å². The number of aromatic amines is 1. The molecule has 14 nitrogen and oxygen atoms in total. The Hall–Kier alpha value is -4.21. The van der Waals surface area contributed by atoms with Crippen molar-refractivity contribution in [1.82, 2.24) is 25.1 Å². The number of carbonyl (C=O) groups excluding carboxylic acids is 1. The van der Waals surface area contributed by atoms with E-state index in [0.29, 0.717) is 65.8 Å². The number of hydrogen-bond acceptors (Lipinski definition) is 12. The second-order valence-electron chi connectivity index (χ2n) is 14.5. The lowest BCUT2D eigenvalue weighted by molar-refractivity contribution is -0.115. The van der Waals surface area contributed by atoms with Crippen LogP contribution in [0.2, 0.25) is 0 Å². The van der Waals surface area contributed by atoms with Crippen LogP contribution in [0.3, 0.4) is 0 Å². The summed E-state index contributed by atoms with van der Waals surface area (Å²) < 4.78 is 69.9. The molecule has 4 rings (SSSR count). The summed E-state index contributed by atoms with van der Waals surface area (Å²) in [5.41, 5.74) is -0.661. The van der Waals surface area contributed by atoms with Gasteiger partial charge in [0, 0.05) is 42.3 Å². The molecule has 0 saturated carbocycles. The van der Waals surface area contributed by atoms with Gasteiger partial charge >= 0.3 is 7.82 Å². The minimum absolute atomic E-state index is 0.157. The highest BCUT2D eigenvalue weighted by Crippen LogP contribution is 2.55. The molecule has 0 bridgehead atoms. The molecule has 0 atom stereocenters. The number of amides is 1. The van der Waals surface area contributed by atoms with E-state index in [9.17, 15) is 18.1 Å². The number of benzene rings is 2. The molecular weight excluding hydrogens is 711 g/mol. The fourth-order valence-corrected chi connectivity index (χ4v) is 6.92. The van der Waals surface area contributed by atoms with E-state index in [0.717, 1.165) is 6.07 Å². The molecule has 1 amide bonds. The zero-order valence-electron chi connectivity index (χ0n) is 31.7. The Labute approximate surface area is 308 Å². The van der Waals surface area contributed by atoms with Crippen molar-refractivity contribution >= 4 is 42.0 Å². The van der Waals surface area contributed by atoms with E-state index in [4.69, 9.17) is 23.0 Å². The lowest BCUT2D eigenvalue weighted by atomic mass is 10.2. The fraction of sp³-hybridized carbons (Fsp3) is 0.500. The molecule has 2 heterocycles. The van der Waals surface area contributed by atoms with Crippen molar-refractivity contribution in [2.45, 2.75) is 85.5 Å². The van der Waals surface area contributed by atoms with Gasteiger partial charge in [-0.05, 0) is 80.0 Å². The number of halogens is 2. The molecule has 0 unspecified atom stereocenters. The van der Waals surface area contributed by atoms with Crippen LogP contribution >= 0.6 is 7.82 Å². The Morgan fingerprint density at radius 2 is 1.70 bits per heavy atom. The van der Waals surface area contributed by atoms with Gasteiger partial charge in [0.25, 0.3) is 0 Å². The van der Waals surface area contributed by atoms with Crippen molar-refractivity contribution in [3.05, 3.63) is 60.1 Å². The second-order valence-corrected chi connectivity index (χ2v) is 16.0. The predicted octanol–water partition coefficient (Wildman–Crippen LogP) is 7.80. The van der Waals surface area contributed by atoms with Gasteiger partial charge in [-0.15, -0.1) is 0 Å². The van der Waals surface area contributed by atoms with Gasteiger partial charge in [-0.1, -0.05) is 6.07 Å². The van der Waals surface area contributed by atoms with E-state index in [2.05, 4.69) is 49.5 Å². The summed E-state index contributed by atoms with van der Waals surface area (Å²) in [6, 6.07) is 8.87. The molecule has 2 aromatic heterocycles. The number of anilines is 3. The summed E-state index contributed by atoms with van der Waals surface area (Å²) in [5.74, 6) is -0.958. The van der Waals surface area contributed by atoms with E-state index in [1.54, 1.807) is 59.7 Å². The third-order valence-electron chi connectivity index (χ3n) is 7.35. The molecule has 290 valence electrons. The van der Waals surface area contributed by atoms with Crippen LogP contribution in [0.25, 0.3) is 10.9 Å². The van der Waals surface area contributed by atoms with Crippen LogP contribution < -0.4 is 20.1 Å². The van der Waals surface area contributed by atoms with Crippen molar-refractivity contribution in [1.29, 1.82) is 0 Å². The van der Waals surface area contributed by atoms with Gasteiger partial charge in [-0.3, -0.25) is 28.4 Å². The van der Waals surface area contributed by atoms with Gasteiger partial charge in [0.05, 0.1) is 49.2 Å². The SMILES string of the molecule is COc1cc2c(Nc3cc(CC(=O)Nc4cccc(F)c4F)[nH]n3)ncnc2cc1OCCCN(CCOP(=O)(OC(C)(C)C)OC(C)(C)C)C(C)C. The summed E-state index contributed by atoms with van der Waals surface area (Å²) in [6.07, 6.45) is 1.92. The second kappa shape index (κ2) is 17.7. The Bertz CT molecular complexity index is 1880. The molecule has 2 aromatic carbocycles. The van der Waals surface area contributed by atoms with E-state index in [-0.39, 0.29) is 24.8 Å². The van der Waals surface area contributed by atoms with E-state index in [1.165, 1.54) is 25.6 Å². The number of aromatic nitrogens is 4. The standard InChI is InChI=1S/C36H50F2N7O7P/c1-23(2)45(15-17-50-53(47,51-35(3,4)5)52-36(6,7)8)14-11-16-49-30-21-28-25(20-29(30)48-9)34(40-22-39-28)42-31-18-24(43-44-31)19-32(46)41-27-13-10-12-26(37)33(27)38/h10,12-13,18,20-23H,11,14-17,19H2,1-9H3,(H,41,46)(H2,39,40,42,43,44). The van der Waals surface area contributed by atoms with Gasteiger partial charge in [0.2, 0.25) is 5.91 Å². The largest absolute Gasteiger partial charge is 0.493 e. The lowest BCUT2D eigenvalue weighted by Gasteiger charge is -2.32. The van der Waals surface area contributed by atoms with E-state index in [1.807, 2.05) is 0 Å². The molecule has 3 N–H and O–H groups in total. The number of carbonyl (C=O) groups is 1. The lowest BCUT2D eigenvalue weighted by Crippen LogP contribution is -2.35. The van der Waals surface area contributed by atoms with Gasteiger partial charge in [0.15, 0.2) is 29.0 Å². The van der Waals surface area contributed by atoms with Crippen LogP contribution in [0.15, 0.2) is 42.7 Å². The molecule has 0 radical (unpaired) electrons. The third-order valence-corrected chi connectivity index (χ3v) is 9.39. The maximum atomic E-state index is 14.0. The predicted molar refractivity (Wildman–Crippen MR) is 199 cm³/mol.